The zero-order chi connectivity index (χ0) is 14.6. The van der Waals surface area contributed by atoms with Crippen LogP contribution >= 0.6 is 22.6 Å². The molecule has 0 atom stereocenters. The average Bonchev–Trinajstić information content (AvgIpc) is 2.46. The summed E-state index contributed by atoms with van der Waals surface area (Å²) in [4.78, 5) is 11.7. The van der Waals surface area contributed by atoms with E-state index in [0.717, 1.165) is 16.4 Å². The summed E-state index contributed by atoms with van der Waals surface area (Å²) in [5, 5.41) is 0. The van der Waals surface area contributed by atoms with E-state index in [1.165, 1.54) is 38.5 Å². The first kappa shape index (κ1) is 17.5. The van der Waals surface area contributed by atoms with Crippen molar-refractivity contribution in [2.45, 2.75) is 58.3 Å². The van der Waals surface area contributed by atoms with E-state index in [2.05, 4.69) is 29.5 Å². The van der Waals surface area contributed by atoms with Crippen LogP contribution in [0.3, 0.4) is 0 Å². The van der Waals surface area contributed by atoms with Gasteiger partial charge in [0, 0.05) is 3.57 Å². The van der Waals surface area contributed by atoms with E-state index < -0.39 is 0 Å². The van der Waals surface area contributed by atoms with Crippen LogP contribution in [0, 0.1) is 3.57 Å². The molecule has 0 amide bonds. The number of rotatable bonds is 10. The summed E-state index contributed by atoms with van der Waals surface area (Å²) in [6, 6.07) is 7.48. The monoisotopic (exact) mass is 388 g/mol. The molecule has 0 aromatic heterocycles. The van der Waals surface area contributed by atoms with Gasteiger partial charge in [0.2, 0.25) is 0 Å². The maximum absolute atomic E-state index is 11.7. The number of ether oxygens (including phenoxy) is 1. The van der Waals surface area contributed by atoms with Gasteiger partial charge < -0.3 is 4.74 Å². The van der Waals surface area contributed by atoms with Gasteiger partial charge in [0.15, 0.2) is 0 Å². The van der Waals surface area contributed by atoms with Crippen LogP contribution in [-0.2, 0) is 4.74 Å². The molecule has 1 aromatic rings. The third kappa shape index (κ3) is 7.88. The van der Waals surface area contributed by atoms with Crippen molar-refractivity contribution in [3.63, 3.8) is 0 Å². The first-order valence-corrected chi connectivity index (χ1v) is 8.74. The van der Waals surface area contributed by atoms with E-state index in [9.17, 15) is 4.79 Å². The summed E-state index contributed by atoms with van der Waals surface area (Å²) in [5.41, 5.74) is 0.644. The van der Waals surface area contributed by atoms with Crippen LogP contribution in [0.4, 0.5) is 0 Å². The third-order valence-electron chi connectivity index (χ3n) is 3.31. The summed E-state index contributed by atoms with van der Waals surface area (Å²) >= 11 is 2.22. The molecule has 2 nitrogen and oxygen atoms in total. The highest BCUT2D eigenvalue weighted by Crippen LogP contribution is 2.10. The molecule has 0 heterocycles. The summed E-state index contributed by atoms with van der Waals surface area (Å²) < 4.78 is 6.40. The van der Waals surface area contributed by atoms with Gasteiger partial charge in [0.25, 0.3) is 0 Å². The smallest absolute Gasteiger partial charge is 0.338 e. The largest absolute Gasteiger partial charge is 0.462 e. The molecule has 1 aromatic carbocycles. The Labute approximate surface area is 136 Å². The number of carbonyl (C=O) groups excluding carboxylic acids is 1. The van der Waals surface area contributed by atoms with Crippen molar-refractivity contribution in [3.05, 3.63) is 33.4 Å². The van der Waals surface area contributed by atoms with Gasteiger partial charge in [0.05, 0.1) is 12.2 Å². The molecule has 1 rings (SSSR count). The quantitative estimate of drug-likeness (QED) is 0.297. The number of hydrogen-bond acceptors (Lipinski definition) is 2. The molecular weight excluding hydrogens is 363 g/mol. The van der Waals surface area contributed by atoms with Crippen molar-refractivity contribution in [1.82, 2.24) is 0 Å². The number of hydrogen-bond donors (Lipinski definition) is 0. The second-order valence-corrected chi connectivity index (χ2v) is 6.36. The molecule has 0 aliphatic carbocycles. The van der Waals surface area contributed by atoms with E-state index in [-0.39, 0.29) is 5.97 Å². The summed E-state index contributed by atoms with van der Waals surface area (Å²) in [7, 11) is 0. The lowest BCUT2D eigenvalue weighted by Crippen LogP contribution is -2.06. The van der Waals surface area contributed by atoms with Crippen LogP contribution in [0.2, 0.25) is 0 Å². The first-order valence-electron chi connectivity index (χ1n) is 7.66. The molecule has 0 aliphatic heterocycles. The standard InChI is InChI=1S/C17H25IO2/c1-2-3-4-5-6-7-8-9-14-20-17(19)15-10-12-16(18)13-11-15/h10-13H,2-9,14H2,1H3. The number of benzene rings is 1. The SMILES string of the molecule is CCCCCCCCCCOC(=O)c1ccc(I)cc1. The van der Waals surface area contributed by atoms with Crippen molar-refractivity contribution in [3.8, 4) is 0 Å². The molecule has 0 N–H and O–H groups in total. The minimum Gasteiger partial charge on any atom is -0.462 e. The van der Waals surface area contributed by atoms with Crippen LogP contribution < -0.4 is 0 Å². The summed E-state index contributed by atoms with van der Waals surface area (Å²) in [6.07, 6.45) is 10.1. The third-order valence-corrected chi connectivity index (χ3v) is 4.03. The summed E-state index contributed by atoms with van der Waals surface area (Å²) in [6.45, 7) is 2.78. The molecule has 0 spiro atoms. The van der Waals surface area contributed by atoms with Gasteiger partial charge in [-0.3, -0.25) is 0 Å². The second-order valence-electron chi connectivity index (χ2n) is 5.12. The van der Waals surface area contributed by atoms with E-state index >= 15 is 0 Å². The Balaban J connectivity index is 2.01. The van der Waals surface area contributed by atoms with Crippen molar-refractivity contribution in [1.29, 1.82) is 0 Å². The lowest BCUT2D eigenvalue weighted by Gasteiger charge is -2.05. The van der Waals surface area contributed by atoms with E-state index in [0.29, 0.717) is 12.2 Å². The lowest BCUT2D eigenvalue weighted by molar-refractivity contribution is 0.0497. The molecule has 0 bridgehead atoms. The zero-order valence-electron chi connectivity index (χ0n) is 12.4. The first-order chi connectivity index (χ1) is 9.74. The van der Waals surface area contributed by atoms with Gasteiger partial charge in [-0.05, 0) is 53.3 Å². The normalized spacial score (nSPS) is 10.5. The van der Waals surface area contributed by atoms with E-state index in [1.807, 2.05) is 24.3 Å². The van der Waals surface area contributed by atoms with Crippen LogP contribution in [-0.4, -0.2) is 12.6 Å². The van der Waals surface area contributed by atoms with Crippen molar-refractivity contribution >= 4 is 28.6 Å². The Morgan fingerprint density at radius 3 is 2.10 bits per heavy atom. The molecule has 0 unspecified atom stereocenters. The fourth-order valence-corrected chi connectivity index (χ4v) is 2.43. The van der Waals surface area contributed by atoms with Crippen LogP contribution in [0.1, 0.15) is 68.6 Å². The number of unbranched alkanes of at least 4 members (excludes halogenated alkanes) is 7. The fourth-order valence-electron chi connectivity index (χ4n) is 2.07. The Bertz CT molecular complexity index is 373. The van der Waals surface area contributed by atoms with Gasteiger partial charge in [-0.1, -0.05) is 51.9 Å². The Morgan fingerprint density at radius 2 is 1.50 bits per heavy atom. The lowest BCUT2D eigenvalue weighted by atomic mass is 10.1. The minimum atomic E-state index is -0.204. The Hall–Kier alpha value is -0.580. The van der Waals surface area contributed by atoms with Gasteiger partial charge in [-0.2, -0.15) is 0 Å². The Kier molecular flexibility index (Phi) is 9.71. The van der Waals surface area contributed by atoms with Gasteiger partial charge >= 0.3 is 5.97 Å². The highest BCUT2D eigenvalue weighted by molar-refractivity contribution is 14.1. The van der Waals surface area contributed by atoms with Crippen molar-refractivity contribution in [2.75, 3.05) is 6.61 Å². The van der Waals surface area contributed by atoms with Crippen LogP contribution in [0.5, 0.6) is 0 Å². The maximum Gasteiger partial charge on any atom is 0.338 e. The van der Waals surface area contributed by atoms with Gasteiger partial charge in [-0.15, -0.1) is 0 Å². The van der Waals surface area contributed by atoms with Crippen LogP contribution in [0.15, 0.2) is 24.3 Å². The predicted octanol–water partition coefficient (Wildman–Crippen LogP) is 5.59. The topological polar surface area (TPSA) is 26.3 Å². The number of esters is 1. The average molecular weight is 388 g/mol. The second kappa shape index (κ2) is 11.1. The maximum atomic E-state index is 11.7. The van der Waals surface area contributed by atoms with Gasteiger partial charge in [-0.25, -0.2) is 4.79 Å². The highest BCUT2D eigenvalue weighted by Gasteiger charge is 2.05. The molecule has 3 heteroatoms. The number of halogens is 1. The molecule has 0 saturated carbocycles. The van der Waals surface area contributed by atoms with Crippen molar-refractivity contribution in [2.24, 2.45) is 0 Å². The zero-order valence-corrected chi connectivity index (χ0v) is 14.5. The highest BCUT2D eigenvalue weighted by atomic mass is 127. The molecule has 20 heavy (non-hydrogen) atoms. The van der Waals surface area contributed by atoms with Crippen LogP contribution in [0.25, 0.3) is 0 Å². The molecular formula is C17H25IO2. The predicted molar refractivity (Wildman–Crippen MR) is 92.1 cm³/mol. The van der Waals surface area contributed by atoms with E-state index in [4.69, 9.17) is 4.74 Å². The molecule has 0 aliphatic rings. The molecule has 0 radical (unpaired) electrons. The van der Waals surface area contributed by atoms with Crippen molar-refractivity contribution < 1.29 is 9.53 Å². The minimum absolute atomic E-state index is 0.204. The molecule has 112 valence electrons. The number of carbonyl (C=O) groups is 1. The Morgan fingerprint density at radius 1 is 0.950 bits per heavy atom. The molecule has 0 saturated heterocycles. The fraction of sp³-hybridized carbons (Fsp3) is 0.588. The van der Waals surface area contributed by atoms with Gasteiger partial charge in [0.1, 0.15) is 0 Å². The summed E-state index contributed by atoms with van der Waals surface area (Å²) in [5.74, 6) is -0.204. The molecule has 0 fully saturated rings. The van der Waals surface area contributed by atoms with E-state index in [1.54, 1.807) is 0 Å².